The largest absolute Gasteiger partial charge is 0.490 e. The SMILES string of the molecule is CCOC(=O)CC(C)(C)n1cc(-c2ccnc3[nH]ccc23)cn1.O=C(O)C(F)(F)F. The van der Waals surface area contributed by atoms with Gasteiger partial charge in [0, 0.05) is 29.5 Å². The monoisotopic (exact) mass is 426 g/mol. The lowest BCUT2D eigenvalue weighted by Gasteiger charge is -2.24. The predicted molar refractivity (Wildman–Crippen MR) is 102 cm³/mol. The molecule has 0 saturated heterocycles. The molecule has 0 aliphatic rings. The molecule has 0 aliphatic heterocycles. The Labute approximate surface area is 169 Å². The van der Waals surface area contributed by atoms with E-state index in [0.717, 1.165) is 22.2 Å². The normalized spacial score (nSPS) is 11.7. The fourth-order valence-corrected chi connectivity index (χ4v) is 2.65. The number of alkyl halides is 3. The van der Waals surface area contributed by atoms with Crippen LogP contribution < -0.4 is 0 Å². The van der Waals surface area contributed by atoms with E-state index in [-0.39, 0.29) is 12.4 Å². The van der Waals surface area contributed by atoms with E-state index < -0.39 is 17.7 Å². The van der Waals surface area contributed by atoms with Crippen LogP contribution in [-0.2, 0) is 19.9 Å². The molecule has 30 heavy (non-hydrogen) atoms. The van der Waals surface area contributed by atoms with Gasteiger partial charge in [-0.05, 0) is 38.5 Å². The zero-order valence-electron chi connectivity index (χ0n) is 16.5. The van der Waals surface area contributed by atoms with Gasteiger partial charge in [0.15, 0.2) is 0 Å². The van der Waals surface area contributed by atoms with Crippen molar-refractivity contribution in [3.05, 3.63) is 36.9 Å². The minimum Gasteiger partial charge on any atom is -0.475 e. The van der Waals surface area contributed by atoms with Gasteiger partial charge in [0.1, 0.15) is 5.65 Å². The number of nitrogens with zero attached hydrogens (tertiary/aromatic N) is 3. The second-order valence-electron chi connectivity index (χ2n) is 6.87. The molecule has 3 aromatic rings. The number of aromatic amines is 1. The minimum absolute atomic E-state index is 0.216. The van der Waals surface area contributed by atoms with Crippen LogP contribution in [0.15, 0.2) is 36.9 Å². The highest BCUT2D eigenvalue weighted by Crippen LogP contribution is 2.29. The van der Waals surface area contributed by atoms with Crippen molar-refractivity contribution in [2.45, 2.75) is 38.9 Å². The Morgan fingerprint density at radius 2 is 1.93 bits per heavy atom. The number of carboxylic acids is 1. The van der Waals surface area contributed by atoms with E-state index >= 15 is 0 Å². The van der Waals surface area contributed by atoms with Crippen molar-refractivity contribution in [3.63, 3.8) is 0 Å². The highest BCUT2D eigenvalue weighted by molar-refractivity contribution is 5.92. The van der Waals surface area contributed by atoms with Gasteiger partial charge in [-0.3, -0.25) is 9.48 Å². The third-order valence-corrected chi connectivity index (χ3v) is 4.10. The third-order valence-electron chi connectivity index (χ3n) is 4.10. The molecule has 0 aromatic carbocycles. The number of halogens is 3. The Hall–Kier alpha value is -3.37. The summed E-state index contributed by atoms with van der Waals surface area (Å²) in [6.07, 6.45) is 2.61. The van der Waals surface area contributed by atoms with Crippen molar-refractivity contribution in [3.8, 4) is 11.1 Å². The van der Waals surface area contributed by atoms with E-state index in [1.807, 2.05) is 56.2 Å². The van der Waals surface area contributed by atoms with Crippen molar-refractivity contribution in [1.82, 2.24) is 19.7 Å². The number of H-pyrrole nitrogens is 1. The van der Waals surface area contributed by atoms with E-state index in [0.29, 0.717) is 6.61 Å². The van der Waals surface area contributed by atoms with Gasteiger partial charge in [0.25, 0.3) is 0 Å². The first-order valence-electron chi connectivity index (χ1n) is 8.89. The second kappa shape index (κ2) is 8.97. The van der Waals surface area contributed by atoms with Crippen LogP contribution in [0.4, 0.5) is 13.2 Å². The van der Waals surface area contributed by atoms with E-state index in [2.05, 4.69) is 15.1 Å². The molecule has 0 aliphatic carbocycles. The predicted octanol–water partition coefficient (Wildman–Crippen LogP) is 3.75. The molecule has 0 amide bonds. The van der Waals surface area contributed by atoms with Crippen LogP contribution in [0, 0.1) is 0 Å². The second-order valence-corrected chi connectivity index (χ2v) is 6.87. The molecule has 0 spiro atoms. The summed E-state index contributed by atoms with van der Waals surface area (Å²) in [7, 11) is 0. The standard InChI is InChI=1S/C17H20N4O2.C2HF3O2/c1-4-23-15(22)9-17(2,3)21-11-12(10-20-21)13-5-7-18-16-14(13)6-8-19-16;3-2(4,5)1(6)7/h5-8,10-11H,4,9H2,1-3H3,(H,18,19);(H,6,7). The Morgan fingerprint density at radius 1 is 1.27 bits per heavy atom. The lowest BCUT2D eigenvalue weighted by Crippen LogP contribution is -2.30. The number of ether oxygens (including phenoxy) is 1. The van der Waals surface area contributed by atoms with Gasteiger partial charge in [-0.25, -0.2) is 9.78 Å². The van der Waals surface area contributed by atoms with Gasteiger partial charge >= 0.3 is 18.1 Å². The van der Waals surface area contributed by atoms with Crippen LogP contribution in [0.25, 0.3) is 22.2 Å². The maximum absolute atomic E-state index is 11.8. The number of fused-ring (bicyclic) bond motifs is 1. The number of aromatic nitrogens is 4. The summed E-state index contributed by atoms with van der Waals surface area (Å²) < 4.78 is 38.6. The summed E-state index contributed by atoms with van der Waals surface area (Å²) in [5.41, 5.74) is 2.46. The van der Waals surface area contributed by atoms with Crippen molar-refractivity contribution < 1.29 is 32.6 Å². The molecule has 0 radical (unpaired) electrons. The number of esters is 1. The average Bonchev–Trinajstić information content (AvgIpc) is 3.31. The van der Waals surface area contributed by atoms with Gasteiger partial charge in [-0.1, -0.05) is 0 Å². The number of carbonyl (C=O) groups excluding carboxylic acids is 1. The first-order chi connectivity index (χ1) is 14.0. The molecule has 0 saturated carbocycles. The Bertz CT molecular complexity index is 1020. The third kappa shape index (κ3) is 5.58. The fourth-order valence-electron chi connectivity index (χ4n) is 2.65. The molecule has 162 valence electrons. The van der Waals surface area contributed by atoms with E-state index in [1.54, 1.807) is 6.20 Å². The molecule has 0 fully saturated rings. The zero-order chi connectivity index (χ0) is 22.5. The van der Waals surface area contributed by atoms with Crippen molar-refractivity contribution >= 4 is 23.0 Å². The molecule has 0 unspecified atom stereocenters. The zero-order valence-corrected chi connectivity index (χ0v) is 16.5. The number of carbonyl (C=O) groups is 2. The van der Waals surface area contributed by atoms with Gasteiger partial charge in [0.05, 0.1) is 24.8 Å². The summed E-state index contributed by atoms with van der Waals surface area (Å²) in [6, 6.07) is 3.97. The van der Waals surface area contributed by atoms with Crippen molar-refractivity contribution in [2.24, 2.45) is 0 Å². The highest BCUT2D eigenvalue weighted by atomic mass is 19.4. The summed E-state index contributed by atoms with van der Waals surface area (Å²) in [4.78, 5) is 28.1. The van der Waals surface area contributed by atoms with Crippen LogP contribution in [0.1, 0.15) is 27.2 Å². The molecular formula is C19H21F3N4O4. The summed E-state index contributed by atoms with van der Waals surface area (Å²) in [6.45, 7) is 6.14. The molecule has 8 nitrogen and oxygen atoms in total. The van der Waals surface area contributed by atoms with Crippen molar-refractivity contribution in [2.75, 3.05) is 6.61 Å². The van der Waals surface area contributed by atoms with E-state index in [4.69, 9.17) is 14.6 Å². The molecular weight excluding hydrogens is 405 g/mol. The summed E-state index contributed by atoms with van der Waals surface area (Å²) >= 11 is 0. The van der Waals surface area contributed by atoms with Crippen molar-refractivity contribution in [1.29, 1.82) is 0 Å². The first kappa shape index (κ1) is 22.9. The minimum atomic E-state index is -5.08. The molecule has 3 rings (SSSR count). The van der Waals surface area contributed by atoms with Gasteiger partial charge in [-0.2, -0.15) is 18.3 Å². The molecule has 11 heteroatoms. The number of hydrogen-bond donors (Lipinski definition) is 2. The maximum atomic E-state index is 11.8. The fraction of sp³-hybridized carbons (Fsp3) is 0.368. The van der Waals surface area contributed by atoms with Gasteiger partial charge in [0.2, 0.25) is 0 Å². The Morgan fingerprint density at radius 3 is 2.53 bits per heavy atom. The molecule has 0 bridgehead atoms. The summed E-state index contributed by atoms with van der Waals surface area (Å²) in [5, 5.41) is 12.6. The quantitative estimate of drug-likeness (QED) is 0.602. The van der Waals surface area contributed by atoms with Crippen LogP contribution >= 0.6 is 0 Å². The van der Waals surface area contributed by atoms with E-state index in [1.165, 1.54) is 0 Å². The van der Waals surface area contributed by atoms with Crippen LogP contribution in [0.2, 0.25) is 0 Å². The van der Waals surface area contributed by atoms with E-state index in [9.17, 15) is 18.0 Å². The topological polar surface area (TPSA) is 110 Å². The average molecular weight is 426 g/mol. The smallest absolute Gasteiger partial charge is 0.475 e. The van der Waals surface area contributed by atoms with Gasteiger partial charge < -0.3 is 14.8 Å². The number of carboxylic acid groups (broad SMARTS) is 1. The number of hydrogen-bond acceptors (Lipinski definition) is 5. The molecule has 0 atom stereocenters. The van der Waals surface area contributed by atoms with Crippen LogP contribution in [0.3, 0.4) is 0 Å². The number of rotatable bonds is 5. The van der Waals surface area contributed by atoms with Gasteiger partial charge in [-0.15, -0.1) is 0 Å². The Kier molecular flexibility index (Phi) is 6.85. The lowest BCUT2D eigenvalue weighted by atomic mass is 10.0. The van der Waals surface area contributed by atoms with Crippen LogP contribution in [0.5, 0.6) is 0 Å². The maximum Gasteiger partial charge on any atom is 0.490 e. The molecule has 3 heterocycles. The molecule has 3 aromatic heterocycles. The molecule has 2 N–H and O–H groups in total. The summed E-state index contributed by atoms with van der Waals surface area (Å²) in [5.74, 6) is -2.97. The number of aliphatic carboxylic acids is 1. The highest BCUT2D eigenvalue weighted by Gasteiger charge is 2.38. The number of nitrogens with one attached hydrogen (secondary N) is 1. The first-order valence-corrected chi connectivity index (χ1v) is 8.89. The number of pyridine rings is 1. The van der Waals surface area contributed by atoms with Crippen LogP contribution in [-0.4, -0.2) is 49.6 Å². The lowest BCUT2D eigenvalue weighted by molar-refractivity contribution is -0.192. The Balaban J connectivity index is 0.000000396.